The Bertz CT molecular complexity index is 677. The van der Waals surface area contributed by atoms with E-state index in [1.165, 1.54) is 0 Å². The molecule has 0 amide bonds. The molecule has 4 nitrogen and oxygen atoms in total. The highest BCUT2D eigenvalue weighted by atomic mass is 35.5. The van der Waals surface area contributed by atoms with Gasteiger partial charge in [0.25, 0.3) is 0 Å². The van der Waals surface area contributed by atoms with Crippen LogP contribution in [0.25, 0.3) is 5.65 Å². The first-order valence-corrected chi connectivity index (χ1v) is 5.98. The van der Waals surface area contributed by atoms with Crippen LogP contribution in [-0.4, -0.2) is 14.6 Å². The van der Waals surface area contributed by atoms with Crippen molar-refractivity contribution in [3.05, 3.63) is 59.4 Å². The second-order valence-corrected chi connectivity index (χ2v) is 4.30. The third kappa shape index (κ3) is 2.15. The maximum atomic E-state index is 6.09. The summed E-state index contributed by atoms with van der Waals surface area (Å²) in [5.41, 5.74) is 1.87. The SMILES string of the molecule is Clc1ccccc1CNc1ccn2nccc2n1. The van der Waals surface area contributed by atoms with Crippen molar-refractivity contribution in [2.75, 3.05) is 5.32 Å². The number of rotatable bonds is 3. The summed E-state index contributed by atoms with van der Waals surface area (Å²) in [6, 6.07) is 11.5. The molecule has 2 heterocycles. The van der Waals surface area contributed by atoms with Gasteiger partial charge >= 0.3 is 0 Å². The van der Waals surface area contributed by atoms with E-state index in [1.807, 2.05) is 42.6 Å². The van der Waals surface area contributed by atoms with Gasteiger partial charge in [-0.3, -0.25) is 0 Å². The van der Waals surface area contributed by atoms with E-state index in [9.17, 15) is 0 Å². The minimum absolute atomic E-state index is 0.650. The van der Waals surface area contributed by atoms with Crippen molar-refractivity contribution >= 4 is 23.1 Å². The Morgan fingerprint density at radius 3 is 2.94 bits per heavy atom. The van der Waals surface area contributed by atoms with E-state index in [4.69, 9.17) is 11.6 Å². The fourth-order valence-electron chi connectivity index (χ4n) is 1.74. The Kier molecular flexibility index (Phi) is 2.86. The van der Waals surface area contributed by atoms with Gasteiger partial charge in [-0.15, -0.1) is 0 Å². The molecule has 18 heavy (non-hydrogen) atoms. The topological polar surface area (TPSA) is 42.2 Å². The molecule has 0 saturated heterocycles. The molecular weight excluding hydrogens is 248 g/mol. The largest absolute Gasteiger partial charge is 0.366 e. The van der Waals surface area contributed by atoms with Gasteiger partial charge in [0.15, 0.2) is 5.65 Å². The van der Waals surface area contributed by atoms with Gasteiger partial charge in [-0.2, -0.15) is 5.10 Å². The van der Waals surface area contributed by atoms with Gasteiger partial charge in [0, 0.05) is 23.8 Å². The first-order valence-electron chi connectivity index (χ1n) is 5.60. The maximum absolute atomic E-state index is 6.09. The van der Waals surface area contributed by atoms with Crippen LogP contribution in [0, 0.1) is 0 Å². The molecule has 1 N–H and O–H groups in total. The number of hydrogen-bond acceptors (Lipinski definition) is 3. The van der Waals surface area contributed by atoms with Gasteiger partial charge in [0.05, 0.1) is 6.20 Å². The van der Waals surface area contributed by atoms with E-state index in [2.05, 4.69) is 15.4 Å². The van der Waals surface area contributed by atoms with Crippen LogP contribution in [0.5, 0.6) is 0 Å². The molecule has 3 aromatic rings. The molecule has 0 fully saturated rings. The fourth-order valence-corrected chi connectivity index (χ4v) is 1.94. The van der Waals surface area contributed by atoms with Crippen LogP contribution in [-0.2, 0) is 6.54 Å². The fraction of sp³-hybridized carbons (Fsp3) is 0.0769. The first-order chi connectivity index (χ1) is 8.83. The first kappa shape index (κ1) is 11.0. The Morgan fingerprint density at radius 1 is 1.17 bits per heavy atom. The molecule has 0 atom stereocenters. The monoisotopic (exact) mass is 258 g/mol. The van der Waals surface area contributed by atoms with Crippen molar-refractivity contribution in [3.8, 4) is 0 Å². The molecule has 0 unspecified atom stereocenters. The van der Waals surface area contributed by atoms with E-state index in [1.54, 1.807) is 10.7 Å². The summed E-state index contributed by atoms with van der Waals surface area (Å²) >= 11 is 6.09. The summed E-state index contributed by atoms with van der Waals surface area (Å²) < 4.78 is 1.72. The summed E-state index contributed by atoms with van der Waals surface area (Å²) in [5.74, 6) is 0.808. The highest BCUT2D eigenvalue weighted by Crippen LogP contribution is 2.16. The third-order valence-corrected chi connectivity index (χ3v) is 3.04. The van der Waals surface area contributed by atoms with E-state index >= 15 is 0 Å². The number of nitrogens with zero attached hydrogens (tertiary/aromatic N) is 3. The maximum Gasteiger partial charge on any atom is 0.157 e. The van der Waals surface area contributed by atoms with Crippen LogP contribution in [0.2, 0.25) is 5.02 Å². The van der Waals surface area contributed by atoms with Crippen LogP contribution in [0.3, 0.4) is 0 Å². The Hall–Kier alpha value is -2.07. The van der Waals surface area contributed by atoms with Gasteiger partial charge in [0.2, 0.25) is 0 Å². The summed E-state index contributed by atoms with van der Waals surface area (Å²) in [5, 5.41) is 8.10. The van der Waals surface area contributed by atoms with Crippen molar-refractivity contribution in [1.29, 1.82) is 0 Å². The lowest BCUT2D eigenvalue weighted by Crippen LogP contribution is -2.03. The molecule has 0 aliphatic heterocycles. The summed E-state index contributed by atoms with van der Waals surface area (Å²) in [6.45, 7) is 0.650. The Morgan fingerprint density at radius 2 is 2.06 bits per heavy atom. The molecule has 0 radical (unpaired) electrons. The zero-order chi connectivity index (χ0) is 12.4. The molecule has 3 rings (SSSR count). The highest BCUT2D eigenvalue weighted by Gasteiger charge is 2.01. The number of fused-ring (bicyclic) bond motifs is 1. The predicted octanol–water partition coefficient (Wildman–Crippen LogP) is 2.99. The Labute approximate surface area is 109 Å². The Balaban J connectivity index is 1.78. The second-order valence-electron chi connectivity index (χ2n) is 3.89. The van der Waals surface area contributed by atoms with Gasteiger partial charge in [-0.25, -0.2) is 9.50 Å². The average Bonchev–Trinajstić information content (AvgIpc) is 2.85. The van der Waals surface area contributed by atoms with Crippen LogP contribution >= 0.6 is 11.6 Å². The molecule has 2 aromatic heterocycles. The molecule has 0 aliphatic carbocycles. The van der Waals surface area contributed by atoms with Crippen LogP contribution < -0.4 is 5.32 Å². The standard InChI is InChI=1S/C13H11ClN4/c14-11-4-2-1-3-10(11)9-15-12-6-8-18-13(17-12)5-7-16-18/h1-8H,9H2,(H,15,17). The summed E-state index contributed by atoms with van der Waals surface area (Å²) in [6.07, 6.45) is 3.59. The minimum Gasteiger partial charge on any atom is -0.366 e. The third-order valence-electron chi connectivity index (χ3n) is 2.68. The molecule has 0 saturated carbocycles. The molecule has 1 aromatic carbocycles. The van der Waals surface area contributed by atoms with Crippen molar-refractivity contribution < 1.29 is 0 Å². The number of halogens is 1. The van der Waals surface area contributed by atoms with Crippen molar-refractivity contribution in [3.63, 3.8) is 0 Å². The second kappa shape index (κ2) is 4.66. The number of anilines is 1. The van der Waals surface area contributed by atoms with Crippen molar-refractivity contribution in [1.82, 2.24) is 14.6 Å². The van der Waals surface area contributed by atoms with Gasteiger partial charge in [0.1, 0.15) is 5.82 Å². The highest BCUT2D eigenvalue weighted by molar-refractivity contribution is 6.31. The van der Waals surface area contributed by atoms with E-state index in [-0.39, 0.29) is 0 Å². The molecule has 0 aliphatic rings. The summed E-state index contributed by atoms with van der Waals surface area (Å²) in [4.78, 5) is 4.43. The number of nitrogens with one attached hydrogen (secondary N) is 1. The molecule has 5 heteroatoms. The number of benzene rings is 1. The van der Waals surface area contributed by atoms with E-state index in [0.717, 1.165) is 22.1 Å². The molecular formula is C13H11ClN4. The van der Waals surface area contributed by atoms with Gasteiger partial charge in [-0.05, 0) is 17.7 Å². The van der Waals surface area contributed by atoms with E-state index in [0.29, 0.717) is 6.54 Å². The lowest BCUT2D eigenvalue weighted by molar-refractivity contribution is 0.936. The number of hydrogen-bond donors (Lipinski definition) is 1. The van der Waals surface area contributed by atoms with Gasteiger partial charge in [-0.1, -0.05) is 29.8 Å². The minimum atomic E-state index is 0.650. The van der Waals surface area contributed by atoms with Crippen LogP contribution in [0.4, 0.5) is 5.82 Å². The van der Waals surface area contributed by atoms with Crippen LogP contribution in [0.1, 0.15) is 5.56 Å². The number of aromatic nitrogens is 3. The smallest absolute Gasteiger partial charge is 0.157 e. The normalized spacial score (nSPS) is 10.7. The lowest BCUT2D eigenvalue weighted by Gasteiger charge is -2.07. The van der Waals surface area contributed by atoms with E-state index < -0.39 is 0 Å². The zero-order valence-electron chi connectivity index (χ0n) is 9.55. The molecule has 0 spiro atoms. The summed E-state index contributed by atoms with van der Waals surface area (Å²) in [7, 11) is 0. The molecule has 90 valence electrons. The average molecular weight is 259 g/mol. The van der Waals surface area contributed by atoms with Gasteiger partial charge < -0.3 is 5.32 Å². The lowest BCUT2D eigenvalue weighted by atomic mass is 10.2. The predicted molar refractivity (Wildman–Crippen MR) is 71.8 cm³/mol. The molecule has 0 bridgehead atoms. The van der Waals surface area contributed by atoms with Crippen molar-refractivity contribution in [2.24, 2.45) is 0 Å². The van der Waals surface area contributed by atoms with Crippen molar-refractivity contribution in [2.45, 2.75) is 6.54 Å². The quantitative estimate of drug-likeness (QED) is 0.785. The zero-order valence-corrected chi connectivity index (χ0v) is 10.3. The van der Waals surface area contributed by atoms with Crippen LogP contribution in [0.15, 0.2) is 48.8 Å².